The van der Waals surface area contributed by atoms with E-state index in [0.717, 1.165) is 5.56 Å². The maximum atomic E-state index is 13.1. The van der Waals surface area contributed by atoms with Gasteiger partial charge in [0.25, 0.3) is 0 Å². The number of rotatable bonds is 3. The van der Waals surface area contributed by atoms with E-state index in [0.29, 0.717) is 5.56 Å². The average molecular weight is 196 g/mol. The lowest BCUT2D eigenvalue weighted by Crippen LogP contribution is -2.03. The standard InChI is InChI=1S/C11H13FO2/c1-7-3-4-9(6-10(7)12)8(2)5-11(13)14/h3-4,6,8H,5H2,1-2H3,(H,13,14)/t8-/m1/s1. The number of hydrogen-bond acceptors (Lipinski definition) is 1. The first-order valence-corrected chi connectivity index (χ1v) is 4.48. The van der Waals surface area contributed by atoms with Crippen LogP contribution in [0.15, 0.2) is 18.2 Å². The first kappa shape index (κ1) is 10.7. The highest BCUT2D eigenvalue weighted by Crippen LogP contribution is 2.20. The third kappa shape index (κ3) is 2.55. The van der Waals surface area contributed by atoms with Crippen LogP contribution in [0.3, 0.4) is 0 Å². The molecule has 0 fully saturated rings. The molecule has 3 heteroatoms. The molecule has 0 radical (unpaired) electrons. The first-order chi connectivity index (χ1) is 6.50. The Labute approximate surface area is 82.4 Å². The van der Waals surface area contributed by atoms with Gasteiger partial charge in [-0.05, 0) is 30.0 Å². The molecule has 0 heterocycles. The molecule has 1 N–H and O–H groups in total. The van der Waals surface area contributed by atoms with E-state index in [1.54, 1.807) is 26.0 Å². The summed E-state index contributed by atoms with van der Waals surface area (Å²) in [5.74, 6) is -1.29. The van der Waals surface area contributed by atoms with Crippen molar-refractivity contribution < 1.29 is 14.3 Å². The maximum Gasteiger partial charge on any atom is 0.303 e. The summed E-state index contributed by atoms with van der Waals surface area (Å²) in [5.41, 5.74) is 1.31. The Morgan fingerprint density at radius 1 is 1.57 bits per heavy atom. The number of aryl methyl sites for hydroxylation is 1. The van der Waals surface area contributed by atoms with E-state index in [2.05, 4.69) is 0 Å². The molecule has 1 rings (SSSR count). The van der Waals surface area contributed by atoms with Gasteiger partial charge >= 0.3 is 5.97 Å². The average Bonchev–Trinajstić information content (AvgIpc) is 2.08. The van der Waals surface area contributed by atoms with Crippen molar-refractivity contribution in [3.8, 4) is 0 Å². The predicted molar refractivity (Wildman–Crippen MR) is 51.8 cm³/mol. The molecule has 0 aliphatic heterocycles. The van der Waals surface area contributed by atoms with Crippen molar-refractivity contribution in [1.82, 2.24) is 0 Å². The number of carboxylic acids is 1. The normalized spacial score (nSPS) is 12.5. The molecular weight excluding hydrogens is 183 g/mol. The summed E-state index contributed by atoms with van der Waals surface area (Å²) in [5, 5.41) is 8.58. The van der Waals surface area contributed by atoms with Gasteiger partial charge in [0.15, 0.2) is 0 Å². The molecule has 0 saturated carbocycles. The van der Waals surface area contributed by atoms with Crippen molar-refractivity contribution in [2.45, 2.75) is 26.2 Å². The van der Waals surface area contributed by atoms with Gasteiger partial charge in [-0.25, -0.2) is 4.39 Å². The summed E-state index contributed by atoms with van der Waals surface area (Å²) in [6.45, 7) is 3.46. The summed E-state index contributed by atoms with van der Waals surface area (Å²) in [6, 6.07) is 4.85. The summed E-state index contributed by atoms with van der Waals surface area (Å²) in [7, 11) is 0. The summed E-state index contributed by atoms with van der Waals surface area (Å²) in [6.07, 6.45) is 0.0303. The van der Waals surface area contributed by atoms with Crippen LogP contribution in [-0.2, 0) is 4.79 Å². The van der Waals surface area contributed by atoms with Crippen LogP contribution in [0.25, 0.3) is 0 Å². The molecule has 0 aliphatic carbocycles. The SMILES string of the molecule is Cc1ccc([C@H](C)CC(=O)O)cc1F. The fourth-order valence-corrected chi connectivity index (χ4v) is 1.30. The van der Waals surface area contributed by atoms with E-state index in [1.165, 1.54) is 6.07 Å². The zero-order chi connectivity index (χ0) is 10.7. The second-order valence-electron chi connectivity index (χ2n) is 3.51. The van der Waals surface area contributed by atoms with Crippen LogP contribution in [0, 0.1) is 12.7 Å². The monoisotopic (exact) mass is 196 g/mol. The third-order valence-corrected chi connectivity index (χ3v) is 2.25. The smallest absolute Gasteiger partial charge is 0.303 e. The number of hydrogen-bond donors (Lipinski definition) is 1. The molecule has 0 bridgehead atoms. The highest BCUT2D eigenvalue weighted by Gasteiger charge is 2.11. The molecule has 76 valence electrons. The number of aliphatic carboxylic acids is 1. The van der Waals surface area contributed by atoms with Gasteiger partial charge < -0.3 is 5.11 Å². The number of carboxylic acid groups (broad SMARTS) is 1. The highest BCUT2D eigenvalue weighted by molar-refractivity contribution is 5.67. The number of benzene rings is 1. The van der Waals surface area contributed by atoms with E-state index in [9.17, 15) is 9.18 Å². The molecule has 0 aromatic heterocycles. The molecular formula is C11H13FO2. The molecule has 2 nitrogen and oxygen atoms in total. The second-order valence-corrected chi connectivity index (χ2v) is 3.51. The van der Waals surface area contributed by atoms with Gasteiger partial charge in [0.05, 0.1) is 6.42 Å². The number of halogens is 1. The summed E-state index contributed by atoms with van der Waals surface area (Å²) < 4.78 is 13.1. The Balaban J connectivity index is 2.85. The van der Waals surface area contributed by atoms with Gasteiger partial charge in [0.2, 0.25) is 0 Å². The van der Waals surface area contributed by atoms with Crippen molar-refractivity contribution in [1.29, 1.82) is 0 Å². The van der Waals surface area contributed by atoms with Crippen molar-refractivity contribution in [2.75, 3.05) is 0 Å². The van der Waals surface area contributed by atoms with E-state index in [-0.39, 0.29) is 18.2 Å². The topological polar surface area (TPSA) is 37.3 Å². The van der Waals surface area contributed by atoms with E-state index in [4.69, 9.17) is 5.11 Å². The third-order valence-electron chi connectivity index (χ3n) is 2.25. The fraction of sp³-hybridized carbons (Fsp3) is 0.364. The van der Waals surface area contributed by atoms with Crippen LogP contribution in [0.2, 0.25) is 0 Å². The lowest BCUT2D eigenvalue weighted by molar-refractivity contribution is -0.137. The van der Waals surface area contributed by atoms with Crippen LogP contribution >= 0.6 is 0 Å². The van der Waals surface area contributed by atoms with Gasteiger partial charge in [-0.1, -0.05) is 19.1 Å². The number of carbonyl (C=O) groups is 1. The Morgan fingerprint density at radius 2 is 2.21 bits per heavy atom. The van der Waals surface area contributed by atoms with Gasteiger partial charge in [-0.3, -0.25) is 4.79 Å². The van der Waals surface area contributed by atoms with Crippen LogP contribution in [0.5, 0.6) is 0 Å². The maximum absolute atomic E-state index is 13.1. The lowest BCUT2D eigenvalue weighted by Gasteiger charge is -2.09. The molecule has 14 heavy (non-hydrogen) atoms. The van der Waals surface area contributed by atoms with Gasteiger partial charge in [0.1, 0.15) is 5.82 Å². The molecule has 1 aromatic carbocycles. The molecule has 0 spiro atoms. The molecule has 1 atom stereocenters. The van der Waals surface area contributed by atoms with Crippen LogP contribution < -0.4 is 0 Å². The van der Waals surface area contributed by atoms with Crippen molar-refractivity contribution in [3.63, 3.8) is 0 Å². The second kappa shape index (κ2) is 4.22. The minimum absolute atomic E-state index is 0.0303. The van der Waals surface area contributed by atoms with E-state index < -0.39 is 5.97 Å². The summed E-state index contributed by atoms with van der Waals surface area (Å²) in [4.78, 5) is 10.4. The lowest BCUT2D eigenvalue weighted by atomic mass is 9.97. The minimum Gasteiger partial charge on any atom is -0.481 e. The Bertz CT molecular complexity index is 347. The Morgan fingerprint density at radius 3 is 2.71 bits per heavy atom. The molecule has 0 aliphatic rings. The van der Waals surface area contributed by atoms with Gasteiger partial charge in [-0.15, -0.1) is 0 Å². The predicted octanol–water partition coefficient (Wildman–Crippen LogP) is 2.71. The van der Waals surface area contributed by atoms with Crippen LogP contribution in [-0.4, -0.2) is 11.1 Å². The summed E-state index contributed by atoms with van der Waals surface area (Å²) >= 11 is 0. The Hall–Kier alpha value is -1.38. The molecule has 0 unspecified atom stereocenters. The van der Waals surface area contributed by atoms with E-state index in [1.807, 2.05) is 0 Å². The van der Waals surface area contributed by atoms with Gasteiger partial charge in [-0.2, -0.15) is 0 Å². The fourth-order valence-electron chi connectivity index (χ4n) is 1.30. The van der Waals surface area contributed by atoms with E-state index >= 15 is 0 Å². The van der Waals surface area contributed by atoms with Crippen LogP contribution in [0.4, 0.5) is 4.39 Å². The van der Waals surface area contributed by atoms with Crippen molar-refractivity contribution in [3.05, 3.63) is 35.1 Å². The highest BCUT2D eigenvalue weighted by atomic mass is 19.1. The minimum atomic E-state index is -0.863. The Kier molecular flexibility index (Phi) is 3.23. The largest absolute Gasteiger partial charge is 0.481 e. The molecule has 0 amide bonds. The molecule has 1 aromatic rings. The first-order valence-electron chi connectivity index (χ1n) is 4.48. The van der Waals surface area contributed by atoms with Crippen LogP contribution in [0.1, 0.15) is 30.4 Å². The van der Waals surface area contributed by atoms with Gasteiger partial charge in [0, 0.05) is 0 Å². The van der Waals surface area contributed by atoms with Crippen molar-refractivity contribution in [2.24, 2.45) is 0 Å². The molecule has 0 saturated heterocycles. The zero-order valence-corrected chi connectivity index (χ0v) is 8.25. The zero-order valence-electron chi connectivity index (χ0n) is 8.25. The quantitative estimate of drug-likeness (QED) is 0.807. The van der Waals surface area contributed by atoms with Crippen molar-refractivity contribution >= 4 is 5.97 Å².